The van der Waals surface area contributed by atoms with Crippen molar-refractivity contribution in [1.82, 2.24) is 0 Å². The molecule has 6 nitrogen and oxygen atoms in total. The van der Waals surface area contributed by atoms with Crippen molar-refractivity contribution in [1.29, 1.82) is 0 Å². The summed E-state index contributed by atoms with van der Waals surface area (Å²) in [4.78, 5) is 38.1. The van der Waals surface area contributed by atoms with Crippen LogP contribution in [0.25, 0.3) is 0 Å². The van der Waals surface area contributed by atoms with Crippen LogP contribution in [0.5, 0.6) is 0 Å². The Hall–Kier alpha value is -4.71. The number of unbranched alkanes of at least 4 members (excludes halogenated alkanes) is 21. The van der Waals surface area contributed by atoms with Crippen LogP contribution in [0.4, 0.5) is 0 Å². The van der Waals surface area contributed by atoms with Crippen molar-refractivity contribution in [2.45, 2.75) is 277 Å². The molecule has 0 radical (unpaired) electrons. The standard InChI is InChI=1S/C72H116O6/c1-4-7-10-13-16-19-21-23-25-27-29-31-33-34-35-36-37-38-40-41-43-45-47-49-51-53-56-59-62-65-71(74)77-68-69(67-76-70(73)64-61-58-55-18-15-12-9-6-3)78-72(75)66-63-60-57-54-52-50-48-46-44-42-39-32-30-28-26-24-22-20-17-14-11-8-5-2/h7-8,10-11,16-17,19-20,23-26,29-32,34-35,37-38,42,44,48,50,69H,4-6,9,12-15,18,21-22,27-28,33,36,39-41,43,45-47,49,51-68H2,1-3H3/b10-7-,11-8-,19-16-,20-17-,25-23-,26-24-,31-29-,32-30-,35-34-,38-37-,44-42-,50-48-. The molecule has 0 amide bonds. The Morgan fingerprint density at radius 1 is 0.269 bits per heavy atom. The Labute approximate surface area is 480 Å². The highest BCUT2D eigenvalue weighted by molar-refractivity contribution is 5.71. The lowest BCUT2D eigenvalue weighted by Gasteiger charge is -2.18. The van der Waals surface area contributed by atoms with Crippen LogP contribution in [0.2, 0.25) is 0 Å². The molecule has 78 heavy (non-hydrogen) atoms. The first kappa shape index (κ1) is 73.3. The van der Waals surface area contributed by atoms with E-state index in [1.54, 1.807) is 0 Å². The Bertz CT molecular complexity index is 1710. The first-order valence-electron chi connectivity index (χ1n) is 31.8. The maximum atomic E-state index is 12.9. The summed E-state index contributed by atoms with van der Waals surface area (Å²) in [5.74, 6) is -0.928. The van der Waals surface area contributed by atoms with Gasteiger partial charge < -0.3 is 14.2 Å². The van der Waals surface area contributed by atoms with Gasteiger partial charge in [-0.2, -0.15) is 0 Å². The molecule has 1 atom stereocenters. The first-order valence-corrected chi connectivity index (χ1v) is 31.8. The Morgan fingerprint density at radius 3 is 0.782 bits per heavy atom. The monoisotopic (exact) mass is 1080 g/mol. The predicted octanol–water partition coefficient (Wildman–Crippen LogP) is 21.9. The van der Waals surface area contributed by atoms with Gasteiger partial charge in [0.1, 0.15) is 13.2 Å². The molecule has 0 aliphatic heterocycles. The molecular formula is C72H116O6. The van der Waals surface area contributed by atoms with Crippen LogP contribution >= 0.6 is 0 Å². The van der Waals surface area contributed by atoms with Crippen molar-refractivity contribution in [3.63, 3.8) is 0 Å². The number of allylic oxidation sites excluding steroid dienone is 24. The lowest BCUT2D eigenvalue weighted by Crippen LogP contribution is -2.30. The van der Waals surface area contributed by atoms with Gasteiger partial charge >= 0.3 is 17.9 Å². The highest BCUT2D eigenvalue weighted by atomic mass is 16.6. The van der Waals surface area contributed by atoms with E-state index in [4.69, 9.17) is 14.2 Å². The van der Waals surface area contributed by atoms with Gasteiger partial charge in [-0.3, -0.25) is 14.4 Å². The zero-order valence-electron chi connectivity index (χ0n) is 50.4. The minimum absolute atomic E-state index is 0.0930. The normalized spacial score (nSPS) is 13.1. The van der Waals surface area contributed by atoms with E-state index < -0.39 is 6.10 Å². The SMILES string of the molecule is CC/C=C\C/C=C\C/C=C\C/C=C\C/C=C\C/C=C\CCCCCCCCCCCCC(=O)OCC(COC(=O)CCCCCCCCCC)OC(=O)CCCCCC/C=C\C/C=C\C/C=C\C/C=C\C/C=C\C/C=C\CC. The summed E-state index contributed by atoms with van der Waals surface area (Å²) >= 11 is 0. The zero-order chi connectivity index (χ0) is 56.4. The predicted molar refractivity (Wildman–Crippen MR) is 339 cm³/mol. The van der Waals surface area contributed by atoms with Crippen LogP contribution in [0.15, 0.2) is 146 Å². The highest BCUT2D eigenvalue weighted by Crippen LogP contribution is 2.15. The fourth-order valence-corrected chi connectivity index (χ4v) is 8.39. The summed E-state index contributed by atoms with van der Waals surface area (Å²) in [6, 6.07) is 0. The molecule has 0 saturated carbocycles. The molecular weight excluding hydrogens is 961 g/mol. The lowest BCUT2D eigenvalue weighted by molar-refractivity contribution is -0.167. The van der Waals surface area contributed by atoms with Gasteiger partial charge in [0.05, 0.1) is 0 Å². The van der Waals surface area contributed by atoms with Crippen LogP contribution in [0, 0.1) is 0 Å². The number of hydrogen-bond donors (Lipinski definition) is 0. The average Bonchev–Trinajstić information content (AvgIpc) is 3.44. The third-order valence-electron chi connectivity index (χ3n) is 13.1. The van der Waals surface area contributed by atoms with Crippen LogP contribution in [0.1, 0.15) is 271 Å². The third-order valence-corrected chi connectivity index (χ3v) is 13.1. The van der Waals surface area contributed by atoms with Crippen molar-refractivity contribution in [2.75, 3.05) is 13.2 Å². The summed E-state index contributed by atoms with van der Waals surface area (Å²) in [7, 11) is 0. The number of ether oxygens (including phenoxy) is 3. The topological polar surface area (TPSA) is 78.9 Å². The molecule has 0 aromatic carbocycles. The Balaban J connectivity index is 4.26. The largest absolute Gasteiger partial charge is 0.462 e. The quantitative estimate of drug-likeness (QED) is 0.0261. The zero-order valence-corrected chi connectivity index (χ0v) is 50.4. The van der Waals surface area contributed by atoms with E-state index in [0.717, 1.165) is 148 Å². The molecule has 440 valence electrons. The van der Waals surface area contributed by atoms with Crippen LogP contribution in [-0.2, 0) is 28.6 Å². The fourth-order valence-electron chi connectivity index (χ4n) is 8.39. The number of carbonyl (C=O) groups excluding carboxylic acids is 3. The summed E-state index contributed by atoms with van der Waals surface area (Å²) in [6.07, 6.45) is 92.9. The van der Waals surface area contributed by atoms with Crippen molar-refractivity contribution in [3.05, 3.63) is 146 Å². The maximum Gasteiger partial charge on any atom is 0.306 e. The van der Waals surface area contributed by atoms with E-state index in [1.807, 2.05) is 0 Å². The van der Waals surface area contributed by atoms with Crippen molar-refractivity contribution >= 4 is 17.9 Å². The van der Waals surface area contributed by atoms with E-state index >= 15 is 0 Å². The molecule has 1 unspecified atom stereocenters. The molecule has 0 bridgehead atoms. The van der Waals surface area contributed by atoms with Gasteiger partial charge in [-0.05, 0) is 122 Å². The van der Waals surface area contributed by atoms with Gasteiger partial charge in [-0.25, -0.2) is 0 Å². The van der Waals surface area contributed by atoms with Crippen molar-refractivity contribution in [3.8, 4) is 0 Å². The van der Waals surface area contributed by atoms with Gasteiger partial charge in [0.25, 0.3) is 0 Å². The minimum Gasteiger partial charge on any atom is -0.462 e. The second kappa shape index (κ2) is 64.8. The van der Waals surface area contributed by atoms with Gasteiger partial charge in [0, 0.05) is 19.3 Å². The molecule has 0 fully saturated rings. The van der Waals surface area contributed by atoms with E-state index in [9.17, 15) is 14.4 Å². The van der Waals surface area contributed by atoms with E-state index in [-0.39, 0.29) is 31.1 Å². The highest BCUT2D eigenvalue weighted by Gasteiger charge is 2.19. The van der Waals surface area contributed by atoms with Gasteiger partial charge in [-0.15, -0.1) is 0 Å². The number of carbonyl (C=O) groups is 3. The second-order valence-electron chi connectivity index (χ2n) is 20.6. The first-order chi connectivity index (χ1) is 38.5. The average molecular weight is 1080 g/mol. The van der Waals surface area contributed by atoms with E-state index in [2.05, 4.69) is 167 Å². The molecule has 0 aromatic heterocycles. The van der Waals surface area contributed by atoms with E-state index in [0.29, 0.717) is 19.3 Å². The fraction of sp³-hybridized carbons (Fsp3) is 0.625. The second-order valence-corrected chi connectivity index (χ2v) is 20.6. The molecule has 0 aromatic rings. The van der Waals surface area contributed by atoms with E-state index in [1.165, 1.54) is 83.5 Å². The van der Waals surface area contributed by atoms with Crippen molar-refractivity contribution < 1.29 is 28.6 Å². The molecule has 6 heteroatoms. The number of hydrogen-bond acceptors (Lipinski definition) is 6. The molecule has 0 heterocycles. The third kappa shape index (κ3) is 62.1. The Kier molecular flexibility index (Phi) is 60.9. The number of rotatable bonds is 56. The van der Waals surface area contributed by atoms with Crippen LogP contribution in [-0.4, -0.2) is 37.2 Å². The summed E-state index contributed by atoms with van der Waals surface area (Å²) in [5.41, 5.74) is 0. The van der Waals surface area contributed by atoms with Crippen LogP contribution in [0.3, 0.4) is 0 Å². The molecule has 0 aliphatic rings. The van der Waals surface area contributed by atoms with Gasteiger partial charge in [0.15, 0.2) is 6.10 Å². The van der Waals surface area contributed by atoms with Gasteiger partial charge in [0.2, 0.25) is 0 Å². The smallest absolute Gasteiger partial charge is 0.306 e. The molecule has 0 saturated heterocycles. The molecule has 0 aliphatic carbocycles. The minimum atomic E-state index is -0.797. The summed E-state index contributed by atoms with van der Waals surface area (Å²) in [6.45, 7) is 6.36. The number of esters is 3. The molecule has 0 rings (SSSR count). The van der Waals surface area contributed by atoms with Crippen molar-refractivity contribution in [2.24, 2.45) is 0 Å². The summed E-state index contributed by atoms with van der Waals surface area (Å²) in [5, 5.41) is 0. The van der Waals surface area contributed by atoms with Gasteiger partial charge in [-0.1, -0.05) is 276 Å². The Morgan fingerprint density at radius 2 is 0.500 bits per heavy atom. The lowest BCUT2D eigenvalue weighted by atomic mass is 10.1. The van der Waals surface area contributed by atoms with Crippen LogP contribution < -0.4 is 0 Å². The maximum absolute atomic E-state index is 12.9. The molecule has 0 N–H and O–H groups in total. The summed E-state index contributed by atoms with van der Waals surface area (Å²) < 4.78 is 16.8. The molecule has 0 spiro atoms.